The fourth-order valence-corrected chi connectivity index (χ4v) is 1.95. The summed E-state index contributed by atoms with van der Waals surface area (Å²) in [5, 5.41) is 13.6. The number of nitrogens with two attached hydrogens (primary N) is 1. The lowest BCUT2D eigenvalue weighted by Gasteiger charge is -2.24. The quantitative estimate of drug-likeness (QED) is 0.233. The van der Waals surface area contributed by atoms with Crippen molar-refractivity contribution in [2.45, 2.75) is 31.8 Å². The molecule has 152 valence electrons. The van der Waals surface area contributed by atoms with E-state index in [0.29, 0.717) is 12.8 Å². The standard InChI is InChI=1S/C16H26N4O7/c1-4-5-11(16(26)20(2)9-13(22)23)19-15(25)10(17)8-18-12(21)6-7-14(24)27-3/h6-7,10-11H,4-5,8-9,17H2,1-3H3,(H,18,21)(H,19,25)(H,22,23)/b7-6+. The summed E-state index contributed by atoms with van der Waals surface area (Å²) in [5.41, 5.74) is 5.69. The van der Waals surface area contributed by atoms with E-state index in [2.05, 4.69) is 15.4 Å². The summed E-state index contributed by atoms with van der Waals surface area (Å²) in [5.74, 6) is -3.76. The topological polar surface area (TPSA) is 168 Å². The summed E-state index contributed by atoms with van der Waals surface area (Å²) in [6.07, 6.45) is 2.72. The minimum absolute atomic E-state index is 0.228. The first-order valence-corrected chi connectivity index (χ1v) is 8.18. The molecule has 0 aromatic heterocycles. The first-order chi connectivity index (χ1) is 12.6. The van der Waals surface area contributed by atoms with Crippen molar-refractivity contribution in [3.63, 3.8) is 0 Å². The van der Waals surface area contributed by atoms with Crippen LogP contribution in [0.2, 0.25) is 0 Å². The van der Waals surface area contributed by atoms with Gasteiger partial charge in [0.25, 0.3) is 0 Å². The number of likely N-dealkylation sites (N-methyl/N-ethyl adjacent to an activating group) is 1. The Balaban J connectivity index is 4.68. The van der Waals surface area contributed by atoms with E-state index in [1.54, 1.807) is 6.92 Å². The van der Waals surface area contributed by atoms with E-state index in [9.17, 15) is 24.0 Å². The highest BCUT2D eigenvalue weighted by molar-refractivity contribution is 5.95. The molecule has 0 aliphatic rings. The van der Waals surface area contributed by atoms with Crippen LogP contribution in [-0.4, -0.2) is 79.0 Å². The van der Waals surface area contributed by atoms with Gasteiger partial charge < -0.3 is 31.1 Å². The van der Waals surface area contributed by atoms with E-state index < -0.39 is 48.3 Å². The summed E-state index contributed by atoms with van der Waals surface area (Å²) < 4.78 is 4.33. The molecule has 0 aromatic rings. The maximum absolute atomic E-state index is 12.3. The Hall–Kier alpha value is -2.95. The number of hydrogen-bond acceptors (Lipinski definition) is 7. The van der Waals surface area contributed by atoms with Crippen LogP contribution in [-0.2, 0) is 28.7 Å². The van der Waals surface area contributed by atoms with Crippen LogP contribution < -0.4 is 16.4 Å². The number of ether oxygens (including phenoxy) is 1. The molecule has 0 bridgehead atoms. The molecule has 0 aliphatic carbocycles. The van der Waals surface area contributed by atoms with Gasteiger partial charge in [-0.3, -0.25) is 19.2 Å². The van der Waals surface area contributed by atoms with Gasteiger partial charge in [0.1, 0.15) is 18.6 Å². The number of carboxylic acid groups (broad SMARTS) is 1. The maximum Gasteiger partial charge on any atom is 0.330 e. The molecule has 11 heteroatoms. The van der Waals surface area contributed by atoms with Gasteiger partial charge in [-0.05, 0) is 6.42 Å². The van der Waals surface area contributed by atoms with Crippen molar-refractivity contribution >= 4 is 29.7 Å². The van der Waals surface area contributed by atoms with Crippen LogP contribution in [0.1, 0.15) is 19.8 Å². The van der Waals surface area contributed by atoms with Gasteiger partial charge in [-0.1, -0.05) is 13.3 Å². The summed E-state index contributed by atoms with van der Waals surface area (Å²) in [6, 6.07) is -2.06. The fourth-order valence-electron chi connectivity index (χ4n) is 1.95. The SMILES string of the molecule is CCCC(NC(=O)C(N)CNC(=O)/C=C/C(=O)OC)C(=O)N(C)CC(=O)O. The van der Waals surface area contributed by atoms with Crippen molar-refractivity contribution in [2.75, 3.05) is 27.2 Å². The molecule has 0 aromatic carbocycles. The second-order valence-corrected chi connectivity index (χ2v) is 5.65. The Kier molecular flexibility index (Phi) is 11.1. The molecule has 5 N–H and O–H groups in total. The maximum atomic E-state index is 12.3. The third-order valence-corrected chi connectivity index (χ3v) is 3.35. The van der Waals surface area contributed by atoms with Crippen molar-refractivity contribution in [2.24, 2.45) is 5.73 Å². The third kappa shape index (κ3) is 9.94. The first-order valence-electron chi connectivity index (χ1n) is 8.18. The van der Waals surface area contributed by atoms with Crippen LogP contribution in [0.4, 0.5) is 0 Å². The summed E-state index contributed by atoms with van der Waals surface area (Å²) in [4.78, 5) is 58.5. The highest BCUT2D eigenvalue weighted by atomic mass is 16.5. The molecule has 2 unspecified atom stereocenters. The lowest BCUT2D eigenvalue weighted by Crippen LogP contribution is -2.54. The fraction of sp³-hybridized carbons (Fsp3) is 0.562. The van der Waals surface area contributed by atoms with E-state index in [-0.39, 0.29) is 6.54 Å². The predicted octanol–water partition coefficient (Wildman–Crippen LogP) is -2.01. The zero-order chi connectivity index (χ0) is 21.0. The van der Waals surface area contributed by atoms with Gasteiger partial charge in [0.15, 0.2) is 0 Å². The average molecular weight is 386 g/mol. The van der Waals surface area contributed by atoms with Crippen molar-refractivity contribution in [3.8, 4) is 0 Å². The predicted molar refractivity (Wildman–Crippen MR) is 94.3 cm³/mol. The molecule has 27 heavy (non-hydrogen) atoms. The Morgan fingerprint density at radius 1 is 1.22 bits per heavy atom. The Bertz CT molecular complexity index is 591. The molecule has 0 rings (SSSR count). The van der Waals surface area contributed by atoms with Crippen molar-refractivity contribution in [1.29, 1.82) is 0 Å². The second kappa shape index (κ2) is 12.4. The van der Waals surface area contributed by atoms with Crippen LogP contribution in [0.5, 0.6) is 0 Å². The highest BCUT2D eigenvalue weighted by Gasteiger charge is 2.26. The summed E-state index contributed by atoms with van der Waals surface area (Å²) in [7, 11) is 2.48. The zero-order valence-corrected chi connectivity index (χ0v) is 15.6. The largest absolute Gasteiger partial charge is 0.480 e. The number of amides is 3. The monoisotopic (exact) mass is 386 g/mol. The molecule has 0 aliphatic heterocycles. The molecule has 0 fully saturated rings. The molecule has 3 amide bonds. The van der Waals surface area contributed by atoms with Crippen molar-refractivity contribution in [1.82, 2.24) is 15.5 Å². The first kappa shape index (κ1) is 24.1. The van der Waals surface area contributed by atoms with Gasteiger partial charge in [-0.25, -0.2) is 4.79 Å². The highest BCUT2D eigenvalue weighted by Crippen LogP contribution is 2.02. The molecule has 2 atom stereocenters. The number of nitrogens with zero attached hydrogens (tertiary/aromatic N) is 1. The summed E-state index contributed by atoms with van der Waals surface area (Å²) >= 11 is 0. The third-order valence-electron chi connectivity index (χ3n) is 3.35. The molecular formula is C16H26N4O7. The Morgan fingerprint density at radius 2 is 1.85 bits per heavy atom. The van der Waals surface area contributed by atoms with Gasteiger partial charge in [0.2, 0.25) is 17.7 Å². The van der Waals surface area contributed by atoms with Gasteiger partial charge in [0.05, 0.1) is 7.11 Å². The Morgan fingerprint density at radius 3 is 2.37 bits per heavy atom. The minimum Gasteiger partial charge on any atom is -0.480 e. The van der Waals surface area contributed by atoms with Crippen LogP contribution in [0.15, 0.2) is 12.2 Å². The van der Waals surface area contributed by atoms with Crippen LogP contribution >= 0.6 is 0 Å². The number of rotatable bonds is 11. The normalized spacial score (nSPS) is 12.7. The van der Waals surface area contributed by atoms with Gasteiger partial charge >= 0.3 is 11.9 Å². The zero-order valence-electron chi connectivity index (χ0n) is 15.6. The molecule has 0 spiro atoms. The number of nitrogens with one attached hydrogen (secondary N) is 2. The van der Waals surface area contributed by atoms with E-state index in [1.807, 2.05) is 0 Å². The number of esters is 1. The van der Waals surface area contributed by atoms with Crippen LogP contribution in [0.3, 0.4) is 0 Å². The molecular weight excluding hydrogens is 360 g/mol. The van der Waals surface area contributed by atoms with Crippen LogP contribution in [0.25, 0.3) is 0 Å². The summed E-state index contributed by atoms with van der Waals surface area (Å²) in [6.45, 7) is 1.08. The average Bonchev–Trinajstić information content (AvgIpc) is 2.62. The van der Waals surface area contributed by atoms with Gasteiger partial charge in [0, 0.05) is 25.7 Å². The number of carboxylic acids is 1. The lowest BCUT2D eigenvalue weighted by molar-refractivity contribution is -0.144. The van der Waals surface area contributed by atoms with E-state index >= 15 is 0 Å². The molecule has 0 heterocycles. The van der Waals surface area contributed by atoms with Crippen molar-refractivity contribution in [3.05, 3.63) is 12.2 Å². The smallest absolute Gasteiger partial charge is 0.330 e. The second-order valence-electron chi connectivity index (χ2n) is 5.65. The van der Waals surface area contributed by atoms with Gasteiger partial charge in [-0.2, -0.15) is 0 Å². The lowest BCUT2D eigenvalue weighted by atomic mass is 10.1. The number of methoxy groups -OCH3 is 1. The number of aliphatic carboxylic acids is 1. The minimum atomic E-state index is -1.17. The van der Waals surface area contributed by atoms with Crippen molar-refractivity contribution < 1.29 is 33.8 Å². The molecule has 11 nitrogen and oxygen atoms in total. The number of hydrogen-bond donors (Lipinski definition) is 4. The van der Waals surface area contributed by atoms with E-state index in [0.717, 1.165) is 24.2 Å². The molecule has 0 saturated carbocycles. The molecule has 0 saturated heterocycles. The number of carbonyl (C=O) groups is 5. The van der Waals surface area contributed by atoms with E-state index in [4.69, 9.17) is 10.8 Å². The molecule has 0 radical (unpaired) electrons. The van der Waals surface area contributed by atoms with E-state index in [1.165, 1.54) is 7.05 Å². The van der Waals surface area contributed by atoms with Crippen LogP contribution in [0, 0.1) is 0 Å². The van der Waals surface area contributed by atoms with Gasteiger partial charge in [-0.15, -0.1) is 0 Å². The number of carbonyl (C=O) groups excluding carboxylic acids is 4. The Labute approximate surface area is 156 Å².